The molecule has 3 rings (SSSR count). The Kier molecular flexibility index (Phi) is 6.07. The molecule has 7 heteroatoms. The van der Waals surface area contributed by atoms with Crippen LogP contribution in [0.5, 0.6) is 5.75 Å². The summed E-state index contributed by atoms with van der Waals surface area (Å²) in [6.07, 6.45) is 0.656. The fraction of sp³-hybridized carbons (Fsp3) is 0.273. The molecule has 0 bridgehead atoms. The fourth-order valence-electron chi connectivity index (χ4n) is 3.03. The zero-order chi connectivity index (χ0) is 21.0. The quantitative estimate of drug-likeness (QED) is 0.612. The highest BCUT2D eigenvalue weighted by molar-refractivity contribution is 5.97. The van der Waals surface area contributed by atoms with E-state index in [-0.39, 0.29) is 0 Å². The Morgan fingerprint density at radius 3 is 2.66 bits per heavy atom. The van der Waals surface area contributed by atoms with Crippen LogP contribution >= 0.6 is 0 Å². The van der Waals surface area contributed by atoms with Crippen molar-refractivity contribution in [2.45, 2.75) is 33.4 Å². The molecule has 0 unspecified atom stereocenters. The molecule has 0 radical (unpaired) electrons. The van der Waals surface area contributed by atoms with Gasteiger partial charge in [-0.1, -0.05) is 6.07 Å². The average molecular weight is 396 g/mol. The maximum atomic E-state index is 12.6. The number of nitrogens with zero attached hydrogens (tertiary/aromatic N) is 1. The molecule has 1 N–H and O–H groups in total. The van der Waals surface area contributed by atoms with Gasteiger partial charge in [-0.15, -0.1) is 0 Å². The number of anilines is 1. The van der Waals surface area contributed by atoms with Crippen LogP contribution in [0.25, 0.3) is 0 Å². The van der Waals surface area contributed by atoms with Gasteiger partial charge in [0.25, 0.3) is 5.91 Å². The van der Waals surface area contributed by atoms with E-state index in [1.54, 1.807) is 43.7 Å². The van der Waals surface area contributed by atoms with E-state index in [0.717, 1.165) is 17.1 Å². The lowest BCUT2D eigenvalue weighted by atomic mass is 10.2. The third-order valence-corrected chi connectivity index (χ3v) is 4.68. The van der Waals surface area contributed by atoms with Crippen LogP contribution in [0.15, 0.2) is 53.1 Å². The molecular formula is C22H24N2O5. The lowest BCUT2D eigenvalue weighted by Crippen LogP contribution is -2.30. The minimum absolute atomic E-state index is 0.420. The van der Waals surface area contributed by atoms with Gasteiger partial charge in [0.2, 0.25) is 0 Å². The van der Waals surface area contributed by atoms with E-state index in [4.69, 9.17) is 13.9 Å². The summed E-state index contributed by atoms with van der Waals surface area (Å²) in [4.78, 5) is 25.0. The molecule has 0 aliphatic heterocycles. The predicted octanol–water partition coefficient (Wildman–Crippen LogP) is 3.94. The van der Waals surface area contributed by atoms with Crippen molar-refractivity contribution < 1.29 is 23.5 Å². The number of ether oxygens (including phenoxy) is 2. The number of benzene rings is 1. The zero-order valence-electron chi connectivity index (χ0n) is 16.9. The summed E-state index contributed by atoms with van der Waals surface area (Å²) in [5, 5.41) is 2.72. The second kappa shape index (κ2) is 8.68. The normalized spacial score (nSPS) is 11.7. The van der Waals surface area contributed by atoms with Gasteiger partial charge in [0.15, 0.2) is 6.10 Å². The molecule has 0 saturated heterocycles. The molecule has 3 aromatic rings. The summed E-state index contributed by atoms with van der Waals surface area (Å²) < 4.78 is 17.9. The Morgan fingerprint density at radius 1 is 1.17 bits per heavy atom. The number of rotatable bonds is 7. The summed E-state index contributed by atoms with van der Waals surface area (Å²) in [5.41, 5.74) is 2.65. The first-order valence-electron chi connectivity index (χ1n) is 9.24. The summed E-state index contributed by atoms with van der Waals surface area (Å²) >= 11 is 0. The van der Waals surface area contributed by atoms with Crippen molar-refractivity contribution in [3.63, 3.8) is 0 Å². The standard InChI is InChI=1S/C22H24N2O5/c1-14-11-20(15(2)24(14)13-19-9-6-10-28-19)22(26)29-16(3)21(25)23-17-7-5-8-18(12-17)27-4/h5-12,16H,13H2,1-4H3,(H,23,25)/t16-/m0/s1. The first-order chi connectivity index (χ1) is 13.9. The highest BCUT2D eigenvalue weighted by atomic mass is 16.5. The van der Waals surface area contributed by atoms with Gasteiger partial charge >= 0.3 is 5.97 Å². The molecule has 0 aliphatic rings. The molecule has 0 aliphatic carbocycles. The number of hydrogen-bond donors (Lipinski definition) is 1. The van der Waals surface area contributed by atoms with Gasteiger partial charge in [0.05, 0.1) is 25.5 Å². The highest BCUT2D eigenvalue weighted by Gasteiger charge is 2.23. The van der Waals surface area contributed by atoms with Crippen LogP contribution in [0.4, 0.5) is 5.69 Å². The van der Waals surface area contributed by atoms with Gasteiger partial charge in [-0.05, 0) is 51.1 Å². The summed E-state index contributed by atoms with van der Waals surface area (Å²) in [6, 6.07) is 12.4. The molecule has 0 spiro atoms. The number of aryl methyl sites for hydroxylation is 1. The summed E-state index contributed by atoms with van der Waals surface area (Å²) in [6.45, 7) is 5.80. The Morgan fingerprint density at radius 2 is 1.97 bits per heavy atom. The maximum absolute atomic E-state index is 12.6. The number of esters is 1. The predicted molar refractivity (Wildman–Crippen MR) is 108 cm³/mol. The molecule has 152 valence electrons. The van der Waals surface area contributed by atoms with Crippen molar-refractivity contribution in [2.24, 2.45) is 0 Å². The Labute approximate surface area is 169 Å². The average Bonchev–Trinajstić information content (AvgIpc) is 3.31. The van der Waals surface area contributed by atoms with Crippen LogP contribution in [-0.4, -0.2) is 29.7 Å². The van der Waals surface area contributed by atoms with Gasteiger partial charge in [0.1, 0.15) is 11.5 Å². The minimum atomic E-state index is -0.957. The van der Waals surface area contributed by atoms with E-state index in [0.29, 0.717) is 23.5 Å². The van der Waals surface area contributed by atoms with Gasteiger partial charge in [-0.2, -0.15) is 0 Å². The molecule has 2 aromatic heterocycles. The van der Waals surface area contributed by atoms with Gasteiger partial charge in [0, 0.05) is 23.1 Å². The number of furan rings is 1. The van der Waals surface area contributed by atoms with Crippen molar-refractivity contribution in [1.82, 2.24) is 4.57 Å². The molecule has 1 atom stereocenters. The largest absolute Gasteiger partial charge is 0.497 e. The molecule has 1 aromatic carbocycles. The molecule has 1 amide bonds. The van der Waals surface area contributed by atoms with Crippen molar-refractivity contribution >= 4 is 17.6 Å². The number of nitrogens with one attached hydrogen (secondary N) is 1. The van der Waals surface area contributed by atoms with Gasteiger partial charge in [-0.3, -0.25) is 4.79 Å². The minimum Gasteiger partial charge on any atom is -0.497 e. The van der Waals surface area contributed by atoms with E-state index in [2.05, 4.69) is 5.32 Å². The van der Waals surface area contributed by atoms with Crippen LogP contribution in [0, 0.1) is 13.8 Å². The number of methoxy groups -OCH3 is 1. The number of amides is 1. The van der Waals surface area contributed by atoms with E-state index >= 15 is 0 Å². The fourth-order valence-corrected chi connectivity index (χ4v) is 3.03. The second-order valence-electron chi connectivity index (χ2n) is 6.72. The smallest absolute Gasteiger partial charge is 0.340 e. The summed E-state index contributed by atoms with van der Waals surface area (Å²) in [7, 11) is 1.55. The zero-order valence-corrected chi connectivity index (χ0v) is 16.9. The van der Waals surface area contributed by atoms with Crippen molar-refractivity contribution in [3.8, 4) is 5.75 Å². The highest BCUT2D eigenvalue weighted by Crippen LogP contribution is 2.20. The van der Waals surface area contributed by atoms with Crippen molar-refractivity contribution in [2.75, 3.05) is 12.4 Å². The molecule has 2 heterocycles. The molecule has 0 saturated carbocycles. The molecular weight excluding hydrogens is 372 g/mol. The van der Waals surface area contributed by atoms with E-state index in [1.165, 1.54) is 6.92 Å². The molecule has 29 heavy (non-hydrogen) atoms. The Hall–Kier alpha value is -3.48. The van der Waals surface area contributed by atoms with Crippen LogP contribution < -0.4 is 10.1 Å². The lowest BCUT2D eigenvalue weighted by Gasteiger charge is -2.14. The Balaban J connectivity index is 1.67. The number of carbonyl (C=O) groups excluding carboxylic acids is 2. The Bertz CT molecular complexity index is 1000. The van der Waals surface area contributed by atoms with Crippen molar-refractivity contribution in [3.05, 3.63) is 71.4 Å². The van der Waals surface area contributed by atoms with E-state index in [9.17, 15) is 9.59 Å². The summed E-state index contributed by atoms with van der Waals surface area (Å²) in [5.74, 6) is 0.447. The number of aromatic nitrogens is 1. The first kappa shape index (κ1) is 20.3. The van der Waals surface area contributed by atoms with Gasteiger partial charge < -0.3 is 23.8 Å². The lowest BCUT2D eigenvalue weighted by molar-refractivity contribution is -0.123. The van der Waals surface area contributed by atoms with E-state index in [1.807, 2.05) is 30.5 Å². The third-order valence-electron chi connectivity index (χ3n) is 4.68. The monoisotopic (exact) mass is 396 g/mol. The van der Waals surface area contributed by atoms with Crippen LogP contribution in [-0.2, 0) is 16.1 Å². The maximum Gasteiger partial charge on any atom is 0.340 e. The first-order valence-corrected chi connectivity index (χ1v) is 9.24. The number of carbonyl (C=O) groups is 2. The van der Waals surface area contributed by atoms with Crippen LogP contribution in [0.1, 0.15) is 34.4 Å². The van der Waals surface area contributed by atoms with Crippen LogP contribution in [0.3, 0.4) is 0 Å². The second-order valence-corrected chi connectivity index (χ2v) is 6.72. The number of hydrogen-bond acceptors (Lipinski definition) is 5. The topological polar surface area (TPSA) is 82.7 Å². The third kappa shape index (κ3) is 4.68. The molecule has 0 fully saturated rings. The van der Waals surface area contributed by atoms with Gasteiger partial charge in [-0.25, -0.2) is 4.79 Å². The van der Waals surface area contributed by atoms with Crippen molar-refractivity contribution in [1.29, 1.82) is 0 Å². The van der Waals surface area contributed by atoms with E-state index < -0.39 is 18.0 Å². The molecule has 7 nitrogen and oxygen atoms in total. The SMILES string of the molecule is COc1cccc(NC(=O)[C@H](C)OC(=O)c2cc(C)n(Cc3ccco3)c2C)c1. The van der Waals surface area contributed by atoms with Crippen LogP contribution in [0.2, 0.25) is 0 Å².